The summed E-state index contributed by atoms with van der Waals surface area (Å²) in [5, 5.41) is 0. The Morgan fingerprint density at radius 2 is 1.83 bits per heavy atom. The minimum atomic E-state index is 0.760. The molecular formula is C9H11BO2. The zero-order valence-corrected chi connectivity index (χ0v) is 7.17. The molecule has 0 saturated carbocycles. The molecule has 0 aliphatic carbocycles. The van der Waals surface area contributed by atoms with Gasteiger partial charge in [0.25, 0.3) is 0 Å². The number of benzene rings is 1. The van der Waals surface area contributed by atoms with Crippen LogP contribution in [0.4, 0.5) is 0 Å². The normalized spacial score (nSPS) is 15.3. The number of rotatable bonds is 0. The first-order valence-corrected chi connectivity index (χ1v) is 4.22. The number of ether oxygens (including phenoxy) is 2. The zero-order valence-electron chi connectivity index (χ0n) is 7.17. The van der Waals surface area contributed by atoms with Crippen molar-refractivity contribution in [2.45, 2.75) is 6.42 Å². The van der Waals surface area contributed by atoms with Gasteiger partial charge in [-0.05, 0) is 12.1 Å². The molecule has 0 amide bonds. The lowest BCUT2D eigenvalue weighted by Crippen LogP contribution is -2.02. The van der Waals surface area contributed by atoms with E-state index in [2.05, 4.69) is 7.85 Å². The van der Waals surface area contributed by atoms with Crippen LogP contribution in [0.25, 0.3) is 0 Å². The highest BCUT2D eigenvalue weighted by molar-refractivity contribution is 6.32. The van der Waals surface area contributed by atoms with Crippen LogP contribution in [0.3, 0.4) is 0 Å². The monoisotopic (exact) mass is 162 g/mol. The summed E-state index contributed by atoms with van der Waals surface area (Å²) in [6, 6.07) is 6.02. The van der Waals surface area contributed by atoms with Gasteiger partial charge < -0.3 is 9.47 Å². The Labute approximate surface area is 72.9 Å². The van der Waals surface area contributed by atoms with E-state index in [1.54, 1.807) is 0 Å². The van der Waals surface area contributed by atoms with Crippen LogP contribution in [-0.2, 0) is 0 Å². The molecule has 0 unspecified atom stereocenters. The zero-order chi connectivity index (χ0) is 8.39. The van der Waals surface area contributed by atoms with E-state index in [1.807, 2.05) is 18.2 Å². The molecule has 1 heterocycles. The number of hydrogen-bond acceptors (Lipinski definition) is 2. The first kappa shape index (κ1) is 7.53. The quantitative estimate of drug-likeness (QED) is 0.504. The lowest BCUT2D eigenvalue weighted by Gasteiger charge is -2.06. The maximum absolute atomic E-state index is 5.50. The van der Waals surface area contributed by atoms with Gasteiger partial charge in [-0.15, -0.1) is 0 Å². The molecule has 62 valence electrons. The van der Waals surface area contributed by atoms with Crippen molar-refractivity contribution in [2.75, 3.05) is 13.2 Å². The minimum absolute atomic E-state index is 0.760. The maximum Gasteiger partial charge on any atom is 0.161 e. The van der Waals surface area contributed by atoms with Gasteiger partial charge in [0.2, 0.25) is 0 Å². The first-order valence-electron chi connectivity index (χ1n) is 4.22. The summed E-state index contributed by atoms with van der Waals surface area (Å²) in [7, 11) is 2.05. The first-order chi connectivity index (χ1) is 5.86. The maximum atomic E-state index is 5.50. The van der Waals surface area contributed by atoms with Crippen molar-refractivity contribution in [3.63, 3.8) is 0 Å². The van der Waals surface area contributed by atoms with Gasteiger partial charge in [0.15, 0.2) is 11.5 Å². The Morgan fingerprint density at radius 1 is 1.08 bits per heavy atom. The van der Waals surface area contributed by atoms with Crippen LogP contribution < -0.4 is 14.9 Å². The summed E-state index contributed by atoms with van der Waals surface area (Å²) >= 11 is 0. The summed E-state index contributed by atoms with van der Waals surface area (Å²) in [6.07, 6.45) is 0.966. The van der Waals surface area contributed by atoms with Gasteiger partial charge in [-0.25, -0.2) is 0 Å². The smallest absolute Gasteiger partial charge is 0.161 e. The third-order valence-electron chi connectivity index (χ3n) is 1.90. The van der Waals surface area contributed by atoms with Crippen molar-refractivity contribution >= 4 is 13.3 Å². The highest BCUT2D eigenvalue weighted by Crippen LogP contribution is 2.27. The molecule has 1 aliphatic rings. The van der Waals surface area contributed by atoms with Crippen molar-refractivity contribution in [1.29, 1.82) is 0 Å². The fraction of sp³-hybridized carbons (Fsp3) is 0.333. The second kappa shape index (κ2) is 3.09. The molecule has 0 spiro atoms. The third-order valence-corrected chi connectivity index (χ3v) is 1.90. The Balaban J connectivity index is 2.36. The fourth-order valence-electron chi connectivity index (χ4n) is 1.27. The molecule has 12 heavy (non-hydrogen) atoms. The van der Waals surface area contributed by atoms with E-state index in [9.17, 15) is 0 Å². The molecule has 3 heteroatoms. The standard InChI is InChI=1S/C9H11BO2/c10-7-2-3-8-9(6-7)12-5-1-4-11-8/h2-3,6H,1,4-5,10H2. The number of hydrogen-bond donors (Lipinski definition) is 0. The van der Waals surface area contributed by atoms with Crippen molar-refractivity contribution in [3.8, 4) is 11.5 Å². The summed E-state index contributed by atoms with van der Waals surface area (Å²) in [5.41, 5.74) is 1.21. The van der Waals surface area contributed by atoms with Crippen LogP contribution in [0.2, 0.25) is 0 Å². The second-order valence-corrected chi connectivity index (χ2v) is 3.00. The van der Waals surface area contributed by atoms with E-state index < -0.39 is 0 Å². The lowest BCUT2D eigenvalue weighted by molar-refractivity contribution is 0.297. The Hall–Kier alpha value is -1.12. The van der Waals surface area contributed by atoms with Crippen molar-refractivity contribution in [1.82, 2.24) is 0 Å². The molecule has 2 rings (SSSR count). The van der Waals surface area contributed by atoms with Crippen LogP contribution in [0.5, 0.6) is 11.5 Å². The molecule has 0 saturated heterocycles. The predicted octanol–water partition coefficient (Wildman–Crippen LogP) is 0.106. The molecule has 1 aliphatic heterocycles. The average Bonchev–Trinajstić information content (AvgIpc) is 2.28. The Kier molecular flexibility index (Phi) is 1.94. The molecule has 0 aromatic heterocycles. The highest BCUT2D eigenvalue weighted by atomic mass is 16.5. The van der Waals surface area contributed by atoms with Gasteiger partial charge in [-0.3, -0.25) is 0 Å². The largest absolute Gasteiger partial charge is 0.490 e. The van der Waals surface area contributed by atoms with E-state index in [-0.39, 0.29) is 0 Å². The number of fused-ring (bicyclic) bond motifs is 1. The summed E-state index contributed by atoms with van der Waals surface area (Å²) in [5.74, 6) is 1.76. The molecule has 2 nitrogen and oxygen atoms in total. The fourth-order valence-corrected chi connectivity index (χ4v) is 1.27. The lowest BCUT2D eigenvalue weighted by atomic mass is 9.96. The molecular weight excluding hydrogens is 151 g/mol. The van der Waals surface area contributed by atoms with Gasteiger partial charge >= 0.3 is 0 Å². The predicted molar refractivity (Wildman–Crippen MR) is 50.2 cm³/mol. The van der Waals surface area contributed by atoms with Crippen molar-refractivity contribution in [2.24, 2.45) is 0 Å². The van der Waals surface area contributed by atoms with Gasteiger partial charge in [-0.2, -0.15) is 0 Å². The minimum Gasteiger partial charge on any atom is -0.490 e. The van der Waals surface area contributed by atoms with Crippen LogP contribution in [-0.4, -0.2) is 21.1 Å². The van der Waals surface area contributed by atoms with Crippen LogP contribution >= 0.6 is 0 Å². The Morgan fingerprint density at radius 3 is 2.67 bits per heavy atom. The molecule has 1 aromatic rings. The highest BCUT2D eigenvalue weighted by Gasteiger charge is 2.08. The SMILES string of the molecule is Bc1ccc2c(c1)OCCCO2. The van der Waals surface area contributed by atoms with Gasteiger partial charge in [0.1, 0.15) is 7.85 Å². The summed E-state index contributed by atoms with van der Waals surface area (Å²) in [6.45, 7) is 1.52. The molecule has 1 aromatic carbocycles. The second-order valence-electron chi connectivity index (χ2n) is 3.00. The molecule has 0 fully saturated rings. The van der Waals surface area contributed by atoms with Crippen molar-refractivity contribution in [3.05, 3.63) is 18.2 Å². The van der Waals surface area contributed by atoms with E-state index in [0.717, 1.165) is 31.1 Å². The van der Waals surface area contributed by atoms with E-state index in [1.165, 1.54) is 5.46 Å². The molecule has 0 atom stereocenters. The molecule has 0 radical (unpaired) electrons. The van der Waals surface area contributed by atoms with Gasteiger partial charge in [-0.1, -0.05) is 11.5 Å². The van der Waals surface area contributed by atoms with E-state index in [4.69, 9.17) is 9.47 Å². The average molecular weight is 162 g/mol. The van der Waals surface area contributed by atoms with E-state index in [0.29, 0.717) is 0 Å². The van der Waals surface area contributed by atoms with Crippen LogP contribution in [0.15, 0.2) is 18.2 Å². The third kappa shape index (κ3) is 1.40. The topological polar surface area (TPSA) is 18.5 Å². The van der Waals surface area contributed by atoms with Gasteiger partial charge in [0, 0.05) is 6.42 Å². The molecule has 0 bridgehead atoms. The van der Waals surface area contributed by atoms with Gasteiger partial charge in [0.05, 0.1) is 13.2 Å². The molecule has 0 N–H and O–H groups in total. The van der Waals surface area contributed by atoms with Crippen molar-refractivity contribution < 1.29 is 9.47 Å². The van der Waals surface area contributed by atoms with Crippen LogP contribution in [0, 0.1) is 0 Å². The summed E-state index contributed by atoms with van der Waals surface area (Å²) in [4.78, 5) is 0. The Bertz CT molecular complexity index is 286. The van der Waals surface area contributed by atoms with Crippen LogP contribution in [0.1, 0.15) is 6.42 Å². The van der Waals surface area contributed by atoms with E-state index >= 15 is 0 Å². The summed E-state index contributed by atoms with van der Waals surface area (Å²) < 4.78 is 11.0.